The van der Waals surface area contributed by atoms with Crippen LogP contribution < -0.4 is 0 Å². The number of halogens is 5. The summed E-state index contributed by atoms with van der Waals surface area (Å²) in [7, 11) is 0. The second-order valence-corrected chi connectivity index (χ2v) is 10.9. The SMILES string of the molecule is O=C1CC(=O)N(Cc2cccc(F)c2F)I2CC(F)(F)C[C@@H]12. The van der Waals surface area contributed by atoms with Gasteiger partial charge in [0.1, 0.15) is 0 Å². The van der Waals surface area contributed by atoms with Crippen LogP contribution in [0.1, 0.15) is 18.4 Å². The van der Waals surface area contributed by atoms with Crippen LogP contribution in [0.2, 0.25) is 0 Å². The molecule has 2 aliphatic rings. The van der Waals surface area contributed by atoms with E-state index in [4.69, 9.17) is 0 Å². The van der Waals surface area contributed by atoms with Crippen molar-refractivity contribution in [3.05, 3.63) is 35.4 Å². The number of hydrogen-bond donors (Lipinski definition) is 0. The molecule has 2 saturated heterocycles. The average molecular weight is 429 g/mol. The van der Waals surface area contributed by atoms with E-state index in [1.54, 1.807) is 0 Å². The van der Waals surface area contributed by atoms with E-state index in [2.05, 4.69) is 0 Å². The van der Waals surface area contributed by atoms with Crippen molar-refractivity contribution in [2.45, 2.75) is 29.2 Å². The fraction of sp³-hybridized carbons (Fsp3) is 0.429. The Morgan fingerprint density at radius 1 is 1.27 bits per heavy atom. The molecule has 3 rings (SSSR count). The van der Waals surface area contributed by atoms with Gasteiger partial charge in [0.15, 0.2) is 0 Å². The average Bonchev–Trinajstić information content (AvgIpc) is 2.75. The van der Waals surface area contributed by atoms with Crippen molar-refractivity contribution in [1.82, 2.24) is 3.11 Å². The van der Waals surface area contributed by atoms with E-state index in [1.165, 1.54) is 15.2 Å². The molecule has 2 fully saturated rings. The standard InChI is InChI=1S/C14H12F4INO2/c15-9-3-1-2-8(13(9)16)6-20-12(22)4-11(21)10-5-14(17,18)7-19(10)20/h1-3,10H,4-7H2/t10-/m0/s1. The summed E-state index contributed by atoms with van der Waals surface area (Å²) in [5, 5.41) is 0. The van der Waals surface area contributed by atoms with Crippen LogP contribution in [0.25, 0.3) is 0 Å². The second-order valence-electron chi connectivity index (χ2n) is 5.30. The third-order valence-corrected chi connectivity index (χ3v) is 10.8. The molecule has 0 unspecified atom stereocenters. The van der Waals surface area contributed by atoms with Gasteiger partial charge < -0.3 is 0 Å². The van der Waals surface area contributed by atoms with Gasteiger partial charge >= 0.3 is 131 Å². The van der Waals surface area contributed by atoms with Gasteiger partial charge in [-0.1, -0.05) is 0 Å². The van der Waals surface area contributed by atoms with Crippen molar-refractivity contribution in [3.8, 4) is 0 Å². The van der Waals surface area contributed by atoms with Crippen LogP contribution in [0.4, 0.5) is 17.6 Å². The van der Waals surface area contributed by atoms with Gasteiger partial charge in [0.05, 0.1) is 0 Å². The molecule has 0 aliphatic carbocycles. The molecule has 120 valence electrons. The summed E-state index contributed by atoms with van der Waals surface area (Å²) in [6.45, 7) is -0.243. The van der Waals surface area contributed by atoms with E-state index in [1.807, 2.05) is 0 Å². The van der Waals surface area contributed by atoms with Crippen molar-refractivity contribution in [3.63, 3.8) is 0 Å². The number of carbonyl (C=O) groups excluding carboxylic acids is 2. The Balaban J connectivity index is 1.90. The number of amides is 1. The van der Waals surface area contributed by atoms with Crippen LogP contribution >= 0.6 is 20.1 Å². The quantitative estimate of drug-likeness (QED) is 0.238. The number of alkyl halides is 4. The number of hydrogen-bond acceptors (Lipinski definition) is 2. The first kappa shape index (κ1) is 15.7. The molecule has 2 heterocycles. The Morgan fingerprint density at radius 3 is 2.73 bits per heavy atom. The fourth-order valence-electron chi connectivity index (χ4n) is 2.62. The molecule has 0 aromatic heterocycles. The van der Waals surface area contributed by atoms with E-state index in [0.29, 0.717) is 0 Å². The third kappa shape index (κ3) is 2.72. The van der Waals surface area contributed by atoms with Gasteiger partial charge in [0.25, 0.3) is 0 Å². The monoisotopic (exact) mass is 429 g/mol. The van der Waals surface area contributed by atoms with Crippen molar-refractivity contribution >= 4 is 31.8 Å². The van der Waals surface area contributed by atoms with Crippen LogP contribution in [-0.2, 0) is 16.1 Å². The molecule has 3 nitrogen and oxygen atoms in total. The molecular weight excluding hydrogens is 417 g/mol. The van der Waals surface area contributed by atoms with Crippen LogP contribution in [0.3, 0.4) is 0 Å². The Bertz CT molecular complexity index is 652. The van der Waals surface area contributed by atoms with E-state index in [9.17, 15) is 27.2 Å². The summed E-state index contributed by atoms with van der Waals surface area (Å²) >= 11 is -2.76. The number of fused-ring (bicyclic) bond motifs is 1. The first-order valence-electron chi connectivity index (χ1n) is 6.57. The molecule has 1 aromatic carbocycles. The van der Waals surface area contributed by atoms with Gasteiger partial charge in [0, 0.05) is 0 Å². The van der Waals surface area contributed by atoms with E-state index in [0.717, 1.165) is 6.07 Å². The zero-order chi connectivity index (χ0) is 16.1. The number of ketones is 1. The minimum absolute atomic E-state index is 0.0473. The van der Waals surface area contributed by atoms with Crippen LogP contribution in [0.5, 0.6) is 0 Å². The normalized spacial score (nSPS) is 25.5. The molecule has 8 heteroatoms. The summed E-state index contributed by atoms with van der Waals surface area (Å²) < 4.78 is 54.2. The topological polar surface area (TPSA) is 37.4 Å². The number of rotatable bonds is 2. The van der Waals surface area contributed by atoms with Gasteiger partial charge in [-0.15, -0.1) is 0 Å². The Morgan fingerprint density at radius 2 is 2.00 bits per heavy atom. The molecule has 1 atom stereocenters. The zero-order valence-corrected chi connectivity index (χ0v) is 13.4. The van der Waals surface area contributed by atoms with Gasteiger partial charge in [-0.3, -0.25) is 0 Å². The Labute approximate surface area is 131 Å². The molecular formula is C14H12F4INO2. The minimum atomic E-state index is -2.95. The van der Waals surface area contributed by atoms with E-state index < -0.39 is 70.5 Å². The van der Waals surface area contributed by atoms with Crippen LogP contribution in [-0.4, -0.2) is 29.1 Å². The Kier molecular flexibility index (Phi) is 3.90. The number of benzene rings is 1. The summed E-state index contributed by atoms with van der Waals surface area (Å²) in [5.41, 5.74) is -0.0473. The van der Waals surface area contributed by atoms with E-state index >= 15 is 0 Å². The summed E-state index contributed by atoms with van der Waals surface area (Å²) in [5.74, 6) is -6.05. The molecule has 2 aliphatic heterocycles. The predicted octanol–water partition coefficient (Wildman–Crippen LogP) is 3.10. The number of nitrogens with zero attached hydrogens (tertiary/aromatic N) is 1. The van der Waals surface area contributed by atoms with Gasteiger partial charge in [-0.25, -0.2) is 0 Å². The number of Topliss-reactive ketones (excluding diaryl/α,β-unsaturated/α-hetero) is 1. The first-order chi connectivity index (χ1) is 10.3. The fourth-order valence-corrected chi connectivity index (χ4v) is 9.67. The van der Waals surface area contributed by atoms with Crippen molar-refractivity contribution in [2.24, 2.45) is 0 Å². The van der Waals surface area contributed by atoms with Crippen LogP contribution in [0, 0.1) is 11.6 Å². The number of carbonyl (C=O) groups is 2. The van der Waals surface area contributed by atoms with Crippen LogP contribution in [0.15, 0.2) is 18.2 Å². The van der Waals surface area contributed by atoms with Crippen molar-refractivity contribution in [1.29, 1.82) is 0 Å². The van der Waals surface area contributed by atoms with Gasteiger partial charge in [-0.05, 0) is 0 Å². The second kappa shape index (κ2) is 5.47. The molecule has 0 bridgehead atoms. The maximum absolute atomic E-state index is 13.7. The summed E-state index contributed by atoms with van der Waals surface area (Å²) in [4.78, 5) is 23.9. The zero-order valence-electron chi connectivity index (χ0n) is 11.3. The summed E-state index contributed by atoms with van der Waals surface area (Å²) in [6.07, 6.45) is -0.947. The van der Waals surface area contributed by atoms with Crippen molar-refractivity contribution in [2.75, 3.05) is 4.43 Å². The molecule has 22 heavy (non-hydrogen) atoms. The first-order valence-corrected chi connectivity index (χ1v) is 10.3. The van der Waals surface area contributed by atoms with Crippen molar-refractivity contribution < 1.29 is 27.2 Å². The molecule has 1 amide bonds. The molecule has 0 saturated carbocycles. The molecule has 1 aromatic rings. The molecule has 0 radical (unpaired) electrons. The van der Waals surface area contributed by atoms with Gasteiger partial charge in [-0.2, -0.15) is 0 Å². The van der Waals surface area contributed by atoms with E-state index in [-0.39, 0.29) is 12.1 Å². The maximum atomic E-state index is 13.7. The summed E-state index contributed by atoms with van der Waals surface area (Å²) in [6, 6.07) is 3.57. The Hall–Kier alpha value is -1.19. The predicted molar refractivity (Wildman–Crippen MR) is 78.8 cm³/mol. The molecule has 0 spiro atoms. The molecule has 0 N–H and O–H groups in total. The van der Waals surface area contributed by atoms with Gasteiger partial charge in [0.2, 0.25) is 0 Å². The third-order valence-electron chi connectivity index (χ3n) is 3.66.